The molecule has 1 fully saturated rings. The van der Waals surface area contributed by atoms with Crippen LogP contribution in [0.15, 0.2) is 0 Å². The Labute approximate surface area is 92.0 Å². The molecule has 0 aliphatic heterocycles. The van der Waals surface area contributed by atoms with Gasteiger partial charge in [-0.25, -0.2) is 0 Å². The molecule has 0 radical (unpaired) electrons. The number of carboxylic acid groups (broad SMARTS) is 1. The number of carbonyl (C=O) groups is 1. The second-order valence-electron chi connectivity index (χ2n) is 5.57. The van der Waals surface area contributed by atoms with E-state index >= 15 is 0 Å². The van der Waals surface area contributed by atoms with Gasteiger partial charge in [-0.1, -0.05) is 20.8 Å². The van der Waals surface area contributed by atoms with Gasteiger partial charge in [-0.3, -0.25) is 4.79 Å². The predicted octanol–water partition coefficient (Wildman–Crippen LogP) is 2.11. The minimum atomic E-state index is -0.711. The normalized spacial score (nSPS) is 36.1. The van der Waals surface area contributed by atoms with E-state index < -0.39 is 5.97 Å². The molecule has 0 aromatic heterocycles. The van der Waals surface area contributed by atoms with Crippen molar-refractivity contribution in [1.82, 2.24) is 0 Å². The molecule has 0 heterocycles. The number of hydrogen-bond acceptors (Lipinski definition) is 2. The number of carboxylic acids is 1. The van der Waals surface area contributed by atoms with E-state index in [0.717, 1.165) is 12.8 Å². The molecule has 0 bridgehead atoms. The van der Waals surface area contributed by atoms with Crippen LogP contribution in [-0.2, 0) is 4.79 Å². The topological polar surface area (TPSA) is 63.3 Å². The highest BCUT2D eigenvalue weighted by molar-refractivity contribution is 5.67. The molecule has 3 nitrogen and oxygen atoms in total. The first-order valence-electron chi connectivity index (χ1n) is 5.82. The molecule has 0 saturated heterocycles. The van der Waals surface area contributed by atoms with Gasteiger partial charge in [0.15, 0.2) is 0 Å². The van der Waals surface area contributed by atoms with Crippen molar-refractivity contribution in [3.63, 3.8) is 0 Å². The van der Waals surface area contributed by atoms with Crippen LogP contribution in [0, 0.1) is 23.2 Å². The Morgan fingerprint density at radius 2 is 2.13 bits per heavy atom. The van der Waals surface area contributed by atoms with Crippen LogP contribution in [0.3, 0.4) is 0 Å². The number of rotatable bonds is 4. The lowest BCUT2D eigenvalue weighted by atomic mass is 9.80. The van der Waals surface area contributed by atoms with Crippen LogP contribution in [0.25, 0.3) is 0 Å². The Morgan fingerprint density at radius 1 is 1.53 bits per heavy atom. The Hall–Kier alpha value is -0.570. The largest absolute Gasteiger partial charge is 0.481 e. The van der Waals surface area contributed by atoms with Crippen molar-refractivity contribution in [3.8, 4) is 0 Å². The fraction of sp³-hybridized carbons (Fsp3) is 0.917. The minimum Gasteiger partial charge on any atom is -0.481 e. The van der Waals surface area contributed by atoms with Gasteiger partial charge in [-0.15, -0.1) is 0 Å². The summed E-state index contributed by atoms with van der Waals surface area (Å²) in [4.78, 5) is 10.8. The van der Waals surface area contributed by atoms with E-state index in [2.05, 4.69) is 20.8 Å². The molecule has 88 valence electrons. The molecule has 3 atom stereocenters. The van der Waals surface area contributed by atoms with E-state index in [1.54, 1.807) is 0 Å². The highest BCUT2D eigenvalue weighted by Gasteiger charge is 2.44. The summed E-state index contributed by atoms with van der Waals surface area (Å²) in [6.07, 6.45) is 2.18. The summed E-state index contributed by atoms with van der Waals surface area (Å²) in [5.74, 6) is 1.15. The second kappa shape index (κ2) is 4.52. The van der Waals surface area contributed by atoms with Crippen molar-refractivity contribution in [2.75, 3.05) is 6.54 Å². The second-order valence-corrected chi connectivity index (χ2v) is 5.57. The van der Waals surface area contributed by atoms with Crippen molar-refractivity contribution >= 4 is 5.97 Å². The third-order valence-corrected chi connectivity index (χ3v) is 3.97. The number of nitrogens with two attached hydrogens (primary N) is 1. The summed E-state index contributed by atoms with van der Waals surface area (Å²) >= 11 is 0. The van der Waals surface area contributed by atoms with Crippen LogP contribution in [0.5, 0.6) is 0 Å². The third-order valence-electron chi connectivity index (χ3n) is 3.97. The van der Waals surface area contributed by atoms with Gasteiger partial charge in [0.1, 0.15) is 0 Å². The molecule has 0 unspecified atom stereocenters. The lowest BCUT2D eigenvalue weighted by molar-refractivity contribution is -0.139. The summed E-state index contributed by atoms with van der Waals surface area (Å²) in [6, 6.07) is 0. The fourth-order valence-corrected chi connectivity index (χ4v) is 3.22. The smallest absolute Gasteiger partial charge is 0.303 e. The molecule has 0 amide bonds. The van der Waals surface area contributed by atoms with Gasteiger partial charge in [0.2, 0.25) is 0 Å². The molecule has 3 heteroatoms. The molecule has 1 saturated carbocycles. The average Bonchev–Trinajstić information content (AvgIpc) is 2.43. The Bertz CT molecular complexity index is 240. The lowest BCUT2D eigenvalue weighted by Crippen LogP contribution is -2.31. The maximum Gasteiger partial charge on any atom is 0.303 e. The molecule has 0 aromatic carbocycles. The van der Waals surface area contributed by atoms with E-state index in [1.807, 2.05) is 0 Å². The molecule has 15 heavy (non-hydrogen) atoms. The molecule has 1 rings (SSSR count). The van der Waals surface area contributed by atoms with Crippen LogP contribution in [0.2, 0.25) is 0 Å². The van der Waals surface area contributed by atoms with E-state index in [1.165, 1.54) is 0 Å². The van der Waals surface area contributed by atoms with Crippen LogP contribution >= 0.6 is 0 Å². The molecular weight excluding hydrogens is 190 g/mol. The van der Waals surface area contributed by atoms with Crippen molar-refractivity contribution in [1.29, 1.82) is 0 Å². The van der Waals surface area contributed by atoms with Crippen LogP contribution in [0.1, 0.15) is 40.0 Å². The van der Waals surface area contributed by atoms with Crippen molar-refractivity contribution in [2.24, 2.45) is 28.9 Å². The number of aliphatic carboxylic acids is 1. The molecule has 1 aliphatic carbocycles. The summed E-state index contributed by atoms with van der Waals surface area (Å²) in [5, 5.41) is 8.93. The zero-order valence-corrected chi connectivity index (χ0v) is 9.99. The van der Waals surface area contributed by atoms with Crippen molar-refractivity contribution in [3.05, 3.63) is 0 Å². The predicted molar refractivity (Wildman–Crippen MR) is 60.5 cm³/mol. The fourth-order valence-electron chi connectivity index (χ4n) is 3.22. The van der Waals surface area contributed by atoms with Gasteiger partial charge in [0, 0.05) is 0 Å². The Balaban J connectivity index is 2.74. The van der Waals surface area contributed by atoms with Crippen molar-refractivity contribution in [2.45, 2.75) is 40.0 Å². The van der Waals surface area contributed by atoms with Gasteiger partial charge in [-0.05, 0) is 42.6 Å². The first-order valence-corrected chi connectivity index (χ1v) is 5.82. The van der Waals surface area contributed by atoms with Gasteiger partial charge in [0.25, 0.3) is 0 Å². The molecular formula is C12H23NO2. The van der Waals surface area contributed by atoms with Gasteiger partial charge < -0.3 is 10.8 Å². The summed E-state index contributed by atoms with van der Waals surface area (Å²) < 4.78 is 0. The Morgan fingerprint density at radius 3 is 2.47 bits per heavy atom. The average molecular weight is 213 g/mol. The molecule has 1 aliphatic rings. The van der Waals surface area contributed by atoms with Crippen LogP contribution in [0.4, 0.5) is 0 Å². The van der Waals surface area contributed by atoms with E-state index in [-0.39, 0.29) is 11.8 Å². The quantitative estimate of drug-likeness (QED) is 0.751. The maximum absolute atomic E-state index is 10.8. The zero-order valence-electron chi connectivity index (χ0n) is 9.99. The first-order chi connectivity index (χ1) is 6.90. The SMILES string of the molecule is CC(C)[C@H]1C[C@](CN)(CC(=O)O)C[C@@H]1C. The highest BCUT2D eigenvalue weighted by Crippen LogP contribution is 2.49. The van der Waals surface area contributed by atoms with Crippen LogP contribution < -0.4 is 5.73 Å². The summed E-state index contributed by atoms with van der Waals surface area (Å²) in [6.45, 7) is 7.17. The van der Waals surface area contributed by atoms with Gasteiger partial charge >= 0.3 is 5.97 Å². The Kier molecular flexibility index (Phi) is 3.77. The minimum absolute atomic E-state index is 0.139. The standard InChI is InChI=1S/C12H23NO2/c1-8(2)10-5-12(7-13,4-9(10)3)6-11(14)15/h8-10H,4-7,13H2,1-3H3,(H,14,15)/t9-,10+,12-/m0/s1. The van der Waals surface area contributed by atoms with E-state index in [4.69, 9.17) is 10.8 Å². The molecule has 0 spiro atoms. The van der Waals surface area contributed by atoms with Gasteiger partial charge in [0.05, 0.1) is 6.42 Å². The molecule has 0 aromatic rings. The summed E-state index contributed by atoms with van der Waals surface area (Å²) in [5.41, 5.74) is 5.64. The third kappa shape index (κ3) is 2.71. The molecule has 3 N–H and O–H groups in total. The monoisotopic (exact) mass is 213 g/mol. The van der Waals surface area contributed by atoms with Gasteiger partial charge in [-0.2, -0.15) is 0 Å². The summed E-state index contributed by atoms with van der Waals surface area (Å²) in [7, 11) is 0. The zero-order chi connectivity index (χ0) is 11.6. The van der Waals surface area contributed by atoms with E-state index in [0.29, 0.717) is 24.3 Å². The number of hydrogen-bond donors (Lipinski definition) is 2. The highest BCUT2D eigenvalue weighted by atomic mass is 16.4. The van der Waals surface area contributed by atoms with Crippen LogP contribution in [-0.4, -0.2) is 17.6 Å². The van der Waals surface area contributed by atoms with Crippen molar-refractivity contribution < 1.29 is 9.90 Å². The maximum atomic E-state index is 10.8. The lowest BCUT2D eigenvalue weighted by Gasteiger charge is -2.26. The van der Waals surface area contributed by atoms with E-state index in [9.17, 15) is 4.79 Å². The first kappa shape index (κ1) is 12.5.